The zero-order valence-corrected chi connectivity index (χ0v) is 14.7. The third-order valence-electron chi connectivity index (χ3n) is 3.95. The lowest BCUT2D eigenvalue weighted by Gasteiger charge is -2.26. The van der Waals surface area contributed by atoms with Crippen LogP contribution in [0.4, 0.5) is 0 Å². The van der Waals surface area contributed by atoms with Crippen molar-refractivity contribution >= 4 is 23.3 Å². The van der Waals surface area contributed by atoms with E-state index in [0.717, 1.165) is 10.7 Å². The van der Waals surface area contributed by atoms with Crippen LogP contribution >= 0.6 is 11.3 Å². The van der Waals surface area contributed by atoms with Gasteiger partial charge in [-0.15, -0.1) is 21.5 Å². The van der Waals surface area contributed by atoms with Crippen LogP contribution in [0.2, 0.25) is 0 Å². The normalized spacial score (nSPS) is 13.8. The lowest BCUT2D eigenvalue weighted by molar-refractivity contribution is -0.127. The number of fused-ring (bicyclic) bond motifs is 1. The molecule has 4 heterocycles. The second-order valence-electron chi connectivity index (χ2n) is 5.61. The van der Waals surface area contributed by atoms with Gasteiger partial charge in [-0.1, -0.05) is 6.07 Å². The SMILES string of the molecule is O=C(/C=C/c1cccs1)N1CCn2c(COc3ncccn3)nnc2C1. The molecule has 0 fully saturated rings. The van der Waals surface area contributed by atoms with Crippen molar-refractivity contribution in [1.29, 1.82) is 0 Å². The second-order valence-corrected chi connectivity index (χ2v) is 6.59. The Bertz CT molecular complexity index is 907. The molecule has 0 atom stereocenters. The van der Waals surface area contributed by atoms with Crippen molar-refractivity contribution in [2.45, 2.75) is 19.7 Å². The van der Waals surface area contributed by atoms with Crippen LogP contribution in [-0.4, -0.2) is 42.1 Å². The van der Waals surface area contributed by atoms with E-state index in [9.17, 15) is 4.79 Å². The molecule has 0 unspecified atom stereocenters. The van der Waals surface area contributed by atoms with Crippen molar-refractivity contribution < 1.29 is 9.53 Å². The third kappa shape index (κ3) is 3.62. The molecule has 0 bridgehead atoms. The minimum Gasteiger partial charge on any atom is -0.455 e. The number of hydrogen-bond donors (Lipinski definition) is 0. The van der Waals surface area contributed by atoms with Gasteiger partial charge in [0.2, 0.25) is 5.91 Å². The Morgan fingerprint density at radius 3 is 2.92 bits per heavy atom. The van der Waals surface area contributed by atoms with Crippen molar-refractivity contribution in [1.82, 2.24) is 29.6 Å². The van der Waals surface area contributed by atoms with Crippen LogP contribution in [0.5, 0.6) is 6.01 Å². The van der Waals surface area contributed by atoms with Crippen LogP contribution in [0.1, 0.15) is 16.5 Å². The molecule has 132 valence electrons. The van der Waals surface area contributed by atoms with Crippen molar-refractivity contribution in [3.05, 3.63) is 58.6 Å². The highest BCUT2D eigenvalue weighted by molar-refractivity contribution is 7.10. The monoisotopic (exact) mass is 368 g/mol. The fourth-order valence-electron chi connectivity index (χ4n) is 2.65. The Morgan fingerprint density at radius 2 is 2.12 bits per heavy atom. The highest BCUT2D eigenvalue weighted by atomic mass is 32.1. The van der Waals surface area contributed by atoms with E-state index in [0.29, 0.717) is 31.5 Å². The van der Waals surface area contributed by atoms with E-state index in [1.807, 2.05) is 28.2 Å². The van der Waals surface area contributed by atoms with Crippen molar-refractivity contribution in [2.24, 2.45) is 0 Å². The van der Waals surface area contributed by atoms with Gasteiger partial charge >= 0.3 is 6.01 Å². The summed E-state index contributed by atoms with van der Waals surface area (Å²) in [5, 5.41) is 10.3. The predicted octanol–water partition coefficient (Wildman–Crippen LogP) is 1.76. The molecule has 4 rings (SSSR count). The summed E-state index contributed by atoms with van der Waals surface area (Å²) >= 11 is 1.60. The van der Waals surface area contributed by atoms with E-state index in [2.05, 4.69) is 20.2 Å². The van der Waals surface area contributed by atoms with Crippen LogP contribution in [-0.2, 0) is 24.5 Å². The fraction of sp³-hybridized carbons (Fsp3) is 0.235. The van der Waals surface area contributed by atoms with Gasteiger partial charge < -0.3 is 14.2 Å². The summed E-state index contributed by atoms with van der Waals surface area (Å²) in [6, 6.07) is 5.97. The standard InChI is InChI=1S/C17H16N6O2S/c24-16(5-4-13-3-1-10-26-13)22-8-9-23-14(11-22)20-21-15(23)12-25-17-18-6-2-7-19-17/h1-7,10H,8-9,11-12H2/b5-4+. The Morgan fingerprint density at radius 1 is 1.23 bits per heavy atom. The van der Waals surface area contributed by atoms with Crippen molar-refractivity contribution in [3.63, 3.8) is 0 Å². The molecule has 26 heavy (non-hydrogen) atoms. The molecular weight excluding hydrogens is 352 g/mol. The van der Waals surface area contributed by atoms with Gasteiger partial charge in [0, 0.05) is 36.4 Å². The summed E-state index contributed by atoms with van der Waals surface area (Å²) in [7, 11) is 0. The number of rotatable bonds is 5. The highest BCUT2D eigenvalue weighted by Gasteiger charge is 2.23. The number of thiophene rings is 1. The number of nitrogens with zero attached hydrogens (tertiary/aromatic N) is 6. The van der Waals surface area contributed by atoms with E-state index < -0.39 is 0 Å². The molecule has 0 spiro atoms. The lowest BCUT2D eigenvalue weighted by Crippen LogP contribution is -2.38. The average molecular weight is 368 g/mol. The zero-order chi connectivity index (χ0) is 17.8. The molecule has 0 aliphatic carbocycles. The summed E-state index contributed by atoms with van der Waals surface area (Å²) in [4.78, 5) is 23.2. The molecule has 1 aliphatic rings. The molecule has 0 radical (unpaired) electrons. The lowest BCUT2D eigenvalue weighted by atomic mass is 10.3. The van der Waals surface area contributed by atoms with Gasteiger partial charge in [-0.05, 0) is 23.6 Å². The van der Waals surface area contributed by atoms with Gasteiger partial charge in [-0.2, -0.15) is 0 Å². The van der Waals surface area contributed by atoms with Crippen molar-refractivity contribution in [3.8, 4) is 6.01 Å². The number of carbonyl (C=O) groups excluding carboxylic acids is 1. The Balaban J connectivity index is 1.39. The number of aromatic nitrogens is 5. The molecule has 0 saturated heterocycles. The fourth-order valence-corrected chi connectivity index (χ4v) is 3.26. The number of carbonyl (C=O) groups is 1. The van der Waals surface area contributed by atoms with Crippen LogP contribution in [0.15, 0.2) is 42.0 Å². The van der Waals surface area contributed by atoms with E-state index in [1.54, 1.807) is 40.8 Å². The summed E-state index contributed by atoms with van der Waals surface area (Å²) in [5.41, 5.74) is 0. The summed E-state index contributed by atoms with van der Waals surface area (Å²) in [6.07, 6.45) is 6.68. The van der Waals surface area contributed by atoms with Crippen LogP contribution in [0, 0.1) is 0 Å². The first kappa shape index (κ1) is 16.4. The minimum atomic E-state index is -0.0249. The van der Waals surface area contributed by atoms with E-state index in [-0.39, 0.29) is 12.5 Å². The molecule has 0 saturated carbocycles. The van der Waals surface area contributed by atoms with Crippen LogP contribution in [0.3, 0.4) is 0 Å². The number of hydrogen-bond acceptors (Lipinski definition) is 7. The summed E-state index contributed by atoms with van der Waals surface area (Å²) < 4.78 is 7.52. The summed E-state index contributed by atoms with van der Waals surface area (Å²) in [6.45, 7) is 1.91. The van der Waals surface area contributed by atoms with Gasteiger partial charge in [0.25, 0.3) is 0 Å². The average Bonchev–Trinajstić information content (AvgIpc) is 3.34. The van der Waals surface area contributed by atoms with Gasteiger partial charge in [0.1, 0.15) is 0 Å². The number of ether oxygens (including phenoxy) is 1. The smallest absolute Gasteiger partial charge is 0.316 e. The van der Waals surface area contributed by atoms with Crippen LogP contribution in [0.25, 0.3) is 6.08 Å². The third-order valence-corrected chi connectivity index (χ3v) is 4.78. The molecule has 8 nitrogen and oxygen atoms in total. The topological polar surface area (TPSA) is 86.0 Å². The van der Waals surface area contributed by atoms with E-state index in [4.69, 9.17) is 4.74 Å². The van der Waals surface area contributed by atoms with E-state index >= 15 is 0 Å². The van der Waals surface area contributed by atoms with Gasteiger partial charge in [0.15, 0.2) is 18.3 Å². The first-order valence-electron chi connectivity index (χ1n) is 8.11. The maximum Gasteiger partial charge on any atom is 0.316 e. The largest absolute Gasteiger partial charge is 0.455 e. The maximum atomic E-state index is 12.4. The van der Waals surface area contributed by atoms with Crippen molar-refractivity contribution in [2.75, 3.05) is 6.54 Å². The van der Waals surface area contributed by atoms with E-state index in [1.165, 1.54) is 0 Å². The summed E-state index contributed by atoms with van der Waals surface area (Å²) in [5.74, 6) is 1.43. The Labute approximate surface area is 153 Å². The first-order chi connectivity index (χ1) is 12.8. The number of amides is 1. The minimum absolute atomic E-state index is 0.0249. The maximum absolute atomic E-state index is 12.4. The Hall–Kier alpha value is -3.07. The molecule has 3 aromatic heterocycles. The zero-order valence-electron chi connectivity index (χ0n) is 13.9. The van der Waals surface area contributed by atoms with Gasteiger partial charge in [-0.25, -0.2) is 9.97 Å². The predicted molar refractivity (Wildman–Crippen MR) is 95.2 cm³/mol. The second kappa shape index (κ2) is 7.44. The first-order valence-corrected chi connectivity index (χ1v) is 8.99. The molecule has 0 aromatic carbocycles. The molecule has 9 heteroatoms. The quantitative estimate of drug-likeness (QED) is 0.638. The van der Waals surface area contributed by atoms with Gasteiger partial charge in [0.05, 0.1) is 6.54 Å². The molecule has 1 aliphatic heterocycles. The molecule has 0 N–H and O–H groups in total. The molecule has 1 amide bonds. The van der Waals surface area contributed by atoms with Crippen LogP contribution < -0.4 is 4.74 Å². The van der Waals surface area contributed by atoms with Gasteiger partial charge in [-0.3, -0.25) is 4.79 Å². The molecular formula is C17H16N6O2S. The Kier molecular flexibility index (Phi) is 4.69. The highest BCUT2D eigenvalue weighted by Crippen LogP contribution is 2.15. The molecule has 3 aromatic rings.